The van der Waals surface area contributed by atoms with Gasteiger partial charge < -0.3 is 4.98 Å². The minimum atomic E-state index is 0.483. The average Bonchev–Trinajstić information content (AvgIpc) is 2.73. The number of halogens is 1. The Labute approximate surface area is 130 Å². The lowest BCUT2D eigenvalue weighted by Gasteiger charge is -2.09. The van der Waals surface area contributed by atoms with E-state index in [1.54, 1.807) is 6.20 Å². The molecule has 0 aliphatic rings. The standard InChI is InChI=1S/C15H14BrN3S/c1-9(2)10-4-3-5-12(6-10)19-14-13(18-15(19)20)7-11(16)8-17-14/h3-9H,1-2H3,(H,18,20). The summed E-state index contributed by atoms with van der Waals surface area (Å²) in [7, 11) is 0. The van der Waals surface area contributed by atoms with E-state index < -0.39 is 0 Å². The predicted molar refractivity (Wildman–Crippen MR) is 88.0 cm³/mol. The lowest BCUT2D eigenvalue weighted by Crippen LogP contribution is -1.97. The van der Waals surface area contributed by atoms with Crippen molar-refractivity contribution in [2.24, 2.45) is 0 Å². The van der Waals surface area contributed by atoms with Gasteiger partial charge >= 0.3 is 0 Å². The van der Waals surface area contributed by atoms with Gasteiger partial charge in [-0.05, 0) is 57.8 Å². The number of benzene rings is 1. The summed E-state index contributed by atoms with van der Waals surface area (Å²) in [5, 5.41) is 0. The topological polar surface area (TPSA) is 33.6 Å². The molecule has 0 fully saturated rings. The van der Waals surface area contributed by atoms with Crippen molar-refractivity contribution in [2.45, 2.75) is 19.8 Å². The maximum atomic E-state index is 5.44. The second-order valence-corrected chi connectivity index (χ2v) is 6.34. The number of imidazole rings is 1. The summed E-state index contributed by atoms with van der Waals surface area (Å²) in [6.07, 6.45) is 1.79. The smallest absolute Gasteiger partial charge is 0.183 e. The summed E-state index contributed by atoms with van der Waals surface area (Å²) >= 11 is 8.87. The van der Waals surface area contributed by atoms with Gasteiger partial charge in [0.25, 0.3) is 0 Å². The second kappa shape index (κ2) is 5.14. The first-order chi connectivity index (χ1) is 9.56. The predicted octanol–water partition coefficient (Wildman–Crippen LogP) is 4.97. The molecular weight excluding hydrogens is 334 g/mol. The van der Waals surface area contributed by atoms with E-state index in [-0.39, 0.29) is 0 Å². The number of H-pyrrole nitrogens is 1. The molecule has 2 aromatic heterocycles. The van der Waals surface area contributed by atoms with Crippen molar-refractivity contribution >= 4 is 39.3 Å². The van der Waals surface area contributed by atoms with E-state index in [1.807, 2.05) is 10.6 Å². The molecule has 0 bridgehead atoms. The molecular formula is C15H14BrN3S. The average molecular weight is 348 g/mol. The first-order valence-electron chi connectivity index (χ1n) is 6.43. The van der Waals surface area contributed by atoms with Crippen LogP contribution in [0.3, 0.4) is 0 Å². The van der Waals surface area contributed by atoms with E-state index >= 15 is 0 Å². The van der Waals surface area contributed by atoms with Crippen LogP contribution in [0.4, 0.5) is 0 Å². The van der Waals surface area contributed by atoms with Crippen molar-refractivity contribution in [1.82, 2.24) is 14.5 Å². The van der Waals surface area contributed by atoms with Gasteiger partial charge in [-0.25, -0.2) is 4.98 Å². The molecule has 5 heteroatoms. The maximum absolute atomic E-state index is 5.44. The molecule has 0 radical (unpaired) electrons. The number of nitrogens with zero attached hydrogens (tertiary/aromatic N) is 2. The number of nitrogens with one attached hydrogen (secondary N) is 1. The van der Waals surface area contributed by atoms with Crippen LogP contribution in [-0.4, -0.2) is 14.5 Å². The zero-order chi connectivity index (χ0) is 14.3. The molecule has 2 heterocycles. The van der Waals surface area contributed by atoms with Crippen molar-refractivity contribution in [1.29, 1.82) is 0 Å². The molecule has 0 atom stereocenters. The van der Waals surface area contributed by atoms with E-state index in [1.165, 1.54) is 5.56 Å². The third-order valence-corrected chi connectivity index (χ3v) is 4.00. The molecule has 0 spiro atoms. The van der Waals surface area contributed by atoms with Gasteiger partial charge in [0.2, 0.25) is 0 Å². The summed E-state index contributed by atoms with van der Waals surface area (Å²) in [4.78, 5) is 7.67. The van der Waals surface area contributed by atoms with Crippen LogP contribution in [0.5, 0.6) is 0 Å². The lowest BCUT2D eigenvalue weighted by atomic mass is 10.0. The van der Waals surface area contributed by atoms with Gasteiger partial charge in [0.05, 0.1) is 11.2 Å². The fourth-order valence-corrected chi connectivity index (χ4v) is 2.87. The Morgan fingerprint density at radius 2 is 2.10 bits per heavy atom. The van der Waals surface area contributed by atoms with Gasteiger partial charge in [-0.15, -0.1) is 0 Å². The van der Waals surface area contributed by atoms with Crippen molar-refractivity contribution in [3.8, 4) is 5.69 Å². The molecule has 0 aliphatic carbocycles. The number of aromatic nitrogens is 3. The van der Waals surface area contributed by atoms with Crippen LogP contribution in [-0.2, 0) is 0 Å². The SMILES string of the molecule is CC(C)c1cccc(-n2c(=S)[nH]c3cc(Br)cnc32)c1. The van der Waals surface area contributed by atoms with Gasteiger partial charge in [0.15, 0.2) is 10.4 Å². The molecule has 20 heavy (non-hydrogen) atoms. The summed E-state index contributed by atoms with van der Waals surface area (Å²) in [5.74, 6) is 0.483. The van der Waals surface area contributed by atoms with Gasteiger partial charge in [-0.1, -0.05) is 26.0 Å². The third-order valence-electron chi connectivity index (χ3n) is 3.28. The summed E-state index contributed by atoms with van der Waals surface area (Å²) < 4.78 is 3.57. The maximum Gasteiger partial charge on any atom is 0.183 e. The number of pyridine rings is 1. The van der Waals surface area contributed by atoms with Crippen molar-refractivity contribution in [3.05, 3.63) is 51.3 Å². The summed E-state index contributed by atoms with van der Waals surface area (Å²) in [6, 6.07) is 10.4. The Hall–Kier alpha value is -1.46. The fourth-order valence-electron chi connectivity index (χ4n) is 2.23. The number of fused-ring (bicyclic) bond motifs is 1. The molecule has 102 valence electrons. The van der Waals surface area contributed by atoms with Crippen molar-refractivity contribution < 1.29 is 0 Å². The highest BCUT2D eigenvalue weighted by molar-refractivity contribution is 9.10. The minimum absolute atomic E-state index is 0.483. The van der Waals surface area contributed by atoms with Gasteiger partial charge in [-0.3, -0.25) is 4.57 Å². The van der Waals surface area contributed by atoms with E-state index in [4.69, 9.17) is 12.2 Å². The molecule has 0 aliphatic heterocycles. The first-order valence-corrected chi connectivity index (χ1v) is 7.63. The molecule has 3 aromatic rings. The highest BCUT2D eigenvalue weighted by Gasteiger charge is 2.09. The molecule has 0 unspecified atom stereocenters. The van der Waals surface area contributed by atoms with Crippen LogP contribution in [0, 0.1) is 4.77 Å². The van der Waals surface area contributed by atoms with Gasteiger partial charge in [0, 0.05) is 10.7 Å². The number of hydrogen-bond acceptors (Lipinski definition) is 2. The summed E-state index contributed by atoms with van der Waals surface area (Å²) in [5.41, 5.74) is 4.11. The van der Waals surface area contributed by atoms with Crippen LogP contribution in [0.1, 0.15) is 25.3 Å². The van der Waals surface area contributed by atoms with Crippen LogP contribution in [0.25, 0.3) is 16.9 Å². The lowest BCUT2D eigenvalue weighted by molar-refractivity contribution is 0.862. The Morgan fingerprint density at radius 1 is 1.30 bits per heavy atom. The molecule has 3 rings (SSSR count). The van der Waals surface area contributed by atoms with E-state index in [2.05, 4.69) is 64.0 Å². The van der Waals surface area contributed by atoms with E-state index in [0.717, 1.165) is 21.3 Å². The Morgan fingerprint density at radius 3 is 2.85 bits per heavy atom. The zero-order valence-electron chi connectivity index (χ0n) is 11.2. The van der Waals surface area contributed by atoms with Crippen LogP contribution in [0.15, 0.2) is 41.0 Å². The molecule has 0 saturated heterocycles. The molecule has 1 aromatic carbocycles. The van der Waals surface area contributed by atoms with Crippen LogP contribution in [0.2, 0.25) is 0 Å². The first kappa shape index (κ1) is 13.5. The number of hydrogen-bond donors (Lipinski definition) is 1. The van der Waals surface area contributed by atoms with Crippen LogP contribution < -0.4 is 0 Å². The quantitative estimate of drug-likeness (QED) is 0.664. The highest BCUT2D eigenvalue weighted by Crippen LogP contribution is 2.23. The number of rotatable bonds is 2. The Balaban J connectivity index is 2.26. The molecule has 0 saturated carbocycles. The normalized spacial score (nSPS) is 11.4. The molecule has 0 amide bonds. The van der Waals surface area contributed by atoms with Crippen LogP contribution >= 0.6 is 28.1 Å². The zero-order valence-corrected chi connectivity index (χ0v) is 13.6. The van der Waals surface area contributed by atoms with E-state index in [0.29, 0.717) is 10.7 Å². The van der Waals surface area contributed by atoms with E-state index in [9.17, 15) is 0 Å². The number of aromatic amines is 1. The van der Waals surface area contributed by atoms with Gasteiger partial charge in [-0.2, -0.15) is 0 Å². The van der Waals surface area contributed by atoms with Gasteiger partial charge in [0.1, 0.15) is 0 Å². The highest BCUT2D eigenvalue weighted by atomic mass is 79.9. The monoisotopic (exact) mass is 347 g/mol. The Kier molecular flexibility index (Phi) is 3.48. The van der Waals surface area contributed by atoms with Crippen molar-refractivity contribution in [2.75, 3.05) is 0 Å². The summed E-state index contributed by atoms with van der Waals surface area (Å²) in [6.45, 7) is 4.37. The fraction of sp³-hybridized carbons (Fsp3) is 0.200. The molecule has 3 nitrogen and oxygen atoms in total. The third kappa shape index (κ3) is 2.31. The minimum Gasteiger partial charge on any atom is -0.329 e. The molecule has 1 N–H and O–H groups in total. The largest absolute Gasteiger partial charge is 0.329 e. The Bertz CT molecular complexity index is 832. The van der Waals surface area contributed by atoms with Crippen molar-refractivity contribution in [3.63, 3.8) is 0 Å². The second-order valence-electron chi connectivity index (χ2n) is 5.04.